The van der Waals surface area contributed by atoms with Crippen LogP contribution in [0.3, 0.4) is 0 Å². The van der Waals surface area contributed by atoms with E-state index < -0.39 is 0 Å². The molecule has 0 aliphatic rings. The fraction of sp³-hybridized carbons (Fsp3) is 1.00. The van der Waals surface area contributed by atoms with Gasteiger partial charge in [-0.1, -0.05) is 78.6 Å². The molecule has 104 valence electrons. The highest BCUT2D eigenvalue weighted by molar-refractivity contribution is 4.65. The summed E-state index contributed by atoms with van der Waals surface area (Å²) in [7, 11) is 0. The van der Waals surface area contributed by atoms with Gasteiger partial charge in [0.25, 0.3) is 0 Å². The van der Waals surface area contributed by atoms with Crippen molar-refractivity contribution < 1.29 is 5.11 Å². The Bertz CT molecular complexity index is 144. The minimum Gasteiger partial charge on any atom is -0.396 e. The van der Waals surface area contributed by atoms with Gasteiger partial charge in [-0.05, 0) is 18.3 Å². The summed E-state index contributed by atoms with van der Waals surface area (Å²) in [4.78, 5) is 0. The largest absolute Gasteiger partial charge is 0.396 e. The SMILES string of the molecule is CCCCC(C)C(CC)CCCCCCCO. The van der Waals surface area contributed by atoms with Crippen LogP contribution in [0.1, 0.15) is 85.0 Å². The summed E-state index contributed by atoms with van der Waals surface area (Å²) in [5.74, 6) is 1.86. The average molecular weight is 242 g/mol. The molecule has 0 aliphatic carbocycles. The molecule has 0 aromatic rings. The third kappa shape index (κ3) is 9.64. The monoisotopic (exact) mass is 242 g/mol. The van der Waals surface area contributed by atoms with E-state index >= 15 is 0 Å². The lowest BCUT2D eigenvalue weighted by atomic mass is 9.84. The highest BCUT2D eigenvalue weighted by atomic mass is 16.2. The fourth-order valence-corrected chi connectivity index (χ4v) is 2.70. The van der Waals surface area contributed by atoms with Crippen LogP contribution in [0, 0.1) is 11.8 Å². The van der Waals surface area contributed by atoms with Crippen LogP contribution in [0.2, 0.25) is 0 Å². The van der Waals surface area contributed by atoms with Crippen LogP contribution in [0.25, 0.3) is 0 Å². The molecule has 0 amide bonds. The van der Waals surface area contributed by atoms with Crippen LogP contribution in [0.15, 0.2) is 0 Å². The van der Waals surface area contributed by atoms with E-state index in [0.29, 0.717) is 6.61 Å². The van der Waals surface area contributed by atoms with E-state index in [1.165, 1.54) is 57.8 Å². The van der Waals surface area contributed by atoms with Crippen LogP contribution < -0.4 is 0 Å². The molecule has 0 saturated carbocycles. The van der Waals surface area contributed by atoms with Crippen LogP contribution >= 0.6 is 0 Å². The molecule has 0 heterocycles. The third-order valence-corrected chi connectivity index (χ3v) is 4.08. The van der Waals surface area contributed by atoms with Crippen molar-refractivity contribution in [2.24, 2.45) is 11.8 Å². The molecule has 0 rings (SSSR count). The van der Waals surface area contributed by atoms with E-state index in [0.717, 1.165) is 18.3 Å². The Morgan fingerprint density at radius 2 is 1.47 bits per heavy atom. The van der Waals surface area contributed by atoms with E-state index in [1.54, 1.807) is 0 Å². The maximum absolute atomic E-state index is 8.70. The van der Waals surface area contributed by atoms with Crippen LogP contribution in [0.5, 0.6) is 0 Å². The summed E-state index contributed by atoms with van der Waals surface area (Å²) in [6, 6.07) is 0. The molecule has 0 bridgehead atoms. The summed E-state index contributed by atoms with van der Waals surface area (Å²) in [5, 5.41) is 8.70. The Hall–Kier alpha value is -0.0400. The van der Waals surface area contributed by atoms with Gasteiger partial charge in [0.15, 0.2) is 0 Å². The Labute approximate surface area is 109 Å². The standard InChI is InChI=1S/C16H34O/c1-4-6-12-15(3)16(5-2)13-10-8-7-9-11-14-17/h15-17H,4-14H2,1-3H3. The van der Waals surface area contributed by atoms with Crippen molar-refractivity contribution in [1.82, 2.24) is 0 Å². The summed E-state index contributed by atoms with van der Waals surface area (Å²) >= 11 is 0. The third-order valence-electron chi connectivity index (χ3n) is 4.08. The molecular weight excluding hydrogens is 208 g/mol. The molecule has 2 unspecified atom stereocenters. The molecule has 0 radical (unpaired) electrons. The number of hydrogen-bond donors (Lipinski definition) is 1. The molecule has 0 spiro atoms. The topological polar surface area (TPSA) is 20.2 Å². The molecule has 0 fully saturated rings. The zero-order valence-corrected chi connectivity index (χ0v) is 12.4. The zero-order valence-electron chi connectivity index (χ0n) is 12.4. The van der Waals surface area contributed by atoms with Gasteiger partial charge < -0.3 is 5.11 Å². The molecule has 1 nitrogen and oxygen atoms in total. The van der Waals surface area contributed by atoms with Crippen molar-refractivity contribution in [2.45, 2.75) is 85.0 Å². The lowest BCUT2D eigenvalue weighted by molar-refractivity contribution is 0.278. The highest BCUT2D eigenvalue weighted by Gasteiger charge is 2.14. The number of hydrogen-bond acceptors (Lipinski definition) is 1. The molecular formula is C16H34O. The second-order valence-electron chi connectivity index (χ2n) is 5.57. The molecule has 0 aliphatic heterocycles. The predicted molar refractivity (Wildman–Crippen MR) is 77.3 cm³/mol. The fourth-order valence-electron chi connectivity index (χ4n) is 2.70. The highest BCUT2D eigenvalue weighted by Crippen LogP contribution is 2.26. The van der Waals surface area contributed by atoms with Crippen molar-refractivity contribution in [3.8, 4) is 0 Å². The quantitative estimate of drug-likeness (QED) is 0.468. The summed E-state index contributed by atoms with van der Waals surface area (Å²) in [5.41, 5.74) is 0. The van der Waals surface area contributed by atoms with Gasteiger partial charge in [-0.2, -0.15) is 0 Å². The van der Waals surface area contributed by atoms with E-state index in [1.807, 2.05) is 0 Å². The lowest BCUT2D eigenvalue weighted by Gasteiger charge is -2.22. The Morgan fingerprint density at radius 1 is 0.824 bits per heavy atom. The zero-order chi connectivity index (χ0) is 12.9. The van der Waals surface area contributed by atoms with E-state index in [2.05, 4.69) is 20.8 Å². The second kappa shape index (κ2) is 12.4. The van der Waals surface area contributed by atoms with E-state index in [4.69, 9.17) is 5.11 Å². The summed E-state index contributed by atoms with van der Waals surface area (Å²) in [6.45, 7) is 7.44. The normalized spacial score (nSPS) is 14.8. The van der Waals surface area contributed by atoms with E-state index in [9.17, 15) is 0 Å². The van der Waals surface area contributed by atoms with Gasteiger partial charge in [0.2, 0.25) is 0 Å². The number of unbranched alkanes of at least 4 members (excludes halogenated alkanes) is 5. The maximum Gasteiger partial charge on any atom is 0.0431 e. The van der Waals surface area contributed by atoms with Gasteiger partial charge in [-0.3, -0.25) is 0 Å². The first-order valence-electron chi connectivity index (χ1n) is 7.87. The lowest BCUT2D eigenvalue weighted by Crippen LogP contribution is -2.11. The van der Waals surface area contributed by atoms with Crippen LogP contribution in [-0.2, 0) is 0 Å². The average Bonchev–Trinajstić information content (AvgIpc) is 2.35. The van der Waals surface area contributed by atoms with Gasteiger partial charge >= 0.3 is 0 Å². The van der Waals surface area contributed by atoms with Crippen molar-refractivity contribution >= 4 is 0 Å². The van der Waals surface area contributed by atoms with Gasteiger partial charge in [-0.15, -0.1) is 0 Å². The Balaban J connectivity index is 3.52. The first-order chi connectivity index (χ1) is 8.26. The number of rotatable bonds is 12. The Kier molecular flexibility index (Phi) is 12.4. The number of aliphatic hydroxyl groups excluding tert-OH is 1. The van der Waals surface area contributed by atoms with Crippen molar-refractivity contribution in [3.05, 3.63) is 0 Å². The molecule has 17 heavy (non-hydrogen) atoms. The van der Waals surface area contributed by atoms with Gasteiger partial charge in [0.05, 0.1) is 0 Å². The van der Waals surface area contributed by atoms with Gasteiger partial charge in [-0.25, -0.2) is 0 Å². The van der Waals surface area contributed by atoms with Gasteiger partial charge in [0, 0.05) is 6.61 Å². The number of aliphatic hydroxyl groups is 1. The summed E-state index contributed by atoms with van der Waals surface area (Å²) in [6.07, 6.45) is 13.2. The minimum absolute atomic E-state index is 0.367. The van der Waals surface area contributed by atoms with Gasteiger partial charge in [0.1, 0.15) is 0 Å². The maximum atomic E-state index is 8.70. The van der Waals surface area contributed by atoms with Crippen molar-refractivity contribution in [3.63, 3.8) is 0 Å². The second-order valence-corrected chi connectivity index (χ2v) is 5.57. The van der Waals surface area contributed by atoms with Crippen LogP contribution in [-0.4, -0.2) is 11.7 Å². The smallest absolute Gasteiger partial charge is 0.0431 e. The molecule has 0 aromatic carbocycles. The first kappa shape index (κ1) is 17.0. The molecule has 1 N–H and O–H groups in total. The molecule has 0 saturated heterocycles. The first-order valence-corrected chi connectivity index (χ1v) is 7.87. The minimum atomic E-state index is 0.367. The molecule has 2 atom stereocenters. The molecule has 0 aromatic heterocycles. The Morgan fingerprint density at radius 3 is 2.06 bits per heavy atom. The predicted octanol–water partition coefficient (Wildman–Crippen LogP) is 5.17. The molecule has 1 heteroatoms. The van der Waals surface area contributed by atoms with Crippen LogP contribution in [0.4, 0.5) is 0 Å². The summed E-state index contributed by atoms with van der Waals surface area (Å²) < 4.78 is 0. The van der Waals surface area contributed by atoms with Crippen molar-refractivity contribution in [1.29, 1.82) is 0 Å². The van der Waals surface area contributed by atoms with E-state index in [-0.39, 0.29) is 0 Å². The van der Waals surface area contributed by atoms with Crippen molar-refractivity contribution in [2.75, 3.05) is 6.61 Å².